The van der Waals surface area contributed by atoms with E-state index in [1.165, 1.54) is 89.9 Å². The van der Waals surface area contributed by atoms with E-state index in [0.717, 1.165) is 68.6 Å². The van der Waals surface area contributed by atoms with Gasteiger partial charge in [0.2, 0.25) is 0 Å². The Labute approximate surface area is 369 Å². The van der Waals surface area contributed by atoms with Crippen LogP contribution in [0.4, 0.5) is 0 Å². The highest BCUT2D eigenvalue weighted by Gasteiger charge is 2.40. The first-order valence-corrected chi connectivity index (χ1v) is 24.6. The van der Waals surface area contributed by atoms with Crippen molar-refractivity contribution in [2.75, 3.05) is 6.61 Å². The number of rotatable bonds is 24. The number of esters is 1. The normalized spacial score (nSPS) is 13.6. The summed E-state index contributed by atoms with van der Waals surface area (Å²) in [5, 5.41) is 1.03. The molecule has 0 aliphatic carbocycles. The number of fused-ring (bicyclic) bond motifs is 3. The second-order valence-corrected chi connectivity index (χ2v) is 19.5. The van der Waals surface area contributed by atoms with Crippen molar-refractivity contribution in [3.05, 3.63) is 149 Å². The number of carbonyl (C=O) groups is 1. The molecule has 0 bridgehead atoms. The smallest absolute Gasteiger partial charge is 0.338 e. The van der Waals surface area contributed by atoms with E-state index in [4.69, 9.17) is 13.8 Å². The van der Waals surface area contributed by atoms with Gasteiger partial charge in [-0.2, -0.15) is 0 Å². The molecule has 1 aliphatic rings. The Bertz CT molecular complexity index is 2120. The zero-order valence-corrected chi connectivity index (χ0v) is 39.0. The molecule has 0 spiro atoms. The van der Waals surface area contributed by atoms with Gasteiger partial charge in [0.1, 0.15) is 11.5 Å². The lowest BCUT2D eigenvalue weighted by atomic mass is 9.70. The van der Waals surface area contributed by atoms with E-state index < -0.39 is 19.2 Å². The fourth-order valence-corrected chi connectivity index (χ4v) is 10.6. The van der Waals surface area contributed by atoms with E-state index in [0.29, 0.717) is 12.2 Å². The average molecular weight is 839 g/mol. The molecule has 324 valence electrons. The Kier molecular flexibility index (Phi) is 17.1. The predicted molar refractivity (Wildman–Crippen MR) is 258 cm³/mol. The Hall–Kier alpha value is -4.40. The third-order valence-electron chi connectivity index (χ3n) is 12.9. The van der Waals surface area contributed by atoms with E-state index in [1.807, 2.05) is 24.3 Å². The van der Waals surface area contributed by atoms with Gasteiger partial charge < -0.3 is 13.8 Å². The molecule has 0 amide bonds. The summed E-state index contributed by atoms with van der Waals surface area (Å²) in [5.41, 5.74) is 6.71. The van der Waals surface area contributed by atoms with E-state index in [2.05, 4.69) is 133 Å². The third-order valence-corrected chi connectivity index (χ3v) is 14.4. The summed E-state index contributed by atoms with van der Waals surface area (Å²) in [6, 6.07) is 39.7. The first-order chi connectivity index (χ1) is 29.6. The highest BCUT2D eigenvalue weighted by Crippen LogP contribution is 2.55. The number of benzene rings is 5. The van der Waals surface area contributed by atoms with Crippen molar-refractivity contribution in [2.24, 2.45) is 0 Å². The quantitative estimate of drug-likeness (QED) is 0.0353. The van der Waals surface area contributed by atoms with E-state index >= 15 is 0 Å². The van der Waals surface area contributed by atoms with Crippen molar-refractivity contribution in [1.29, 1.82) is 0 Å². The predicted octanol–water partition coefficient (Wildman–Crippen LogP) is 16.1. The van der Waals surface area contributed by atoms with Crippen LogP contribution >= 0.6 is 8.38 Å². The topological polar surface area (TPSA) is 44.8 Å². The summed E-state index contributed by atoms with van der Waals surface area (Å²) in [7, 11) is -1.60. The molecular formula is C56H71O4P. The molecule has 0 N–H and O–H groups in total. The summed E-state index contributed by atoms with van der Waals surface area (Å²) in [6.07, 6.45) is 20.9. The summed E-state index contributed by atoms with van der Waals surface area (Å²) in [4.78, 5) is 14.4. The number of carbonyl (C=O) groups excluding carboxylic acids is 1. The second-order valence-electron chi connectivity index (χ2n) is 18.2. The number of ether oxygens (including phenoxy) is 1. The fraction of sp³-hybridized carbons (Fsp3) is 0.446. The minimum absolute atomic E-state index is 0.279. The van der Waals surface area contributed by atoms with Crippen LogP contribution in [0.25, 0.3) is 11.1 Å². The monoisotopic (exact) mass is 839 g/mol. The summed E-state index contributed by atoms with van der Waals surface area (Å²) < 4.78 is 20.4. The van der Waals surface area contributed by atoms with Crippen LogP contribution in [0.1, 0.15) is 176 Å². The van der Waals surface area contributed by atoms with Crippen LogP contribution in [0.2, 0.25) is 0 Å². The van der Waals surface area contributed by atoms with Gasteiger partial charge in [0.15, 0.2) is 0 Å². The first kappa shape index (κ1) is 46.1. The van der Waals surface area contributed by atoms with Crippen LogP contribution < -0.4 is 14.4 Å². The van der Waals surface area contributed by atoms with Crippen LogP contribution in [0.3, 0.4) is 0 Å². The minimum atomic E-state index is -1.60. The van der Waals surface area contributed by atoms with Gasteiger partial charge in [0, 0.05) is 27.5 Å². The van der Waals surface area contributed by atoms with Gasteiger partial charge in [0.05, 0.1) is 17.5 Å². The molecule has 0 saturated heterocycles. The van der Waals surface area contributed by atoms with Crippen molar-refractivity contribution >= 4 is 19.6 Å². The summed E-state index contributed by atoms with van der Waals surface area (Å²) in [6.45, 7) is 13.7. The van der Waals surface area contributed by atoms with Gasteiger partial charge in [-0.05, 0) is 53.8 Å². The van der Waals surface area contributed by atoms with Crippen molar-refractivity contribution in [1.82, 2.24) is 0 Å². The largest absolute Gasteiger partial charge is 0.462 e. The third kappa shape index (κ3) is 11.7. The lowest BCUT2D eigenvalue weighted by Crippen LogP contribution is -2.28. The molecule has 0 fully saturated rings. The standard InChI is InChI=1S/C56H71O4P/c1-7-8-9-10-11-12-13-14-15-16-17-18-19-20-21-32-41-58-54(57)48-42-49(55(3,4)44-33-24-22-25-34-44)53(52(43(48)2)56(5,6)45-35-26-23-27-36-45)60-61-51-40-31-29-38-47(51)46-37-28-30-39-50(46)59-61/h22-31,33-40,42H,7-21,32,41H2,1-6H3. The molecular weight excluding hydrogens is 768 g/mol. The molecule has 5 aromatic rings. The van der Waals surface area contributed by atoms with Crippen LogP contribution in [0.15, 0.2) is 115 Å². The Morgan fingerprint density at radius 3 is 1.62 bits per heavy atom. The molecule has 0 saturated carbocycles. The highest BCUT2D eigenvalue weighted by molar-refractivity contribution is 7.57. The molecule has 0 aromatic heterocycles. The number of unbranched alkanes of at least 4 members (excludes halogenated alkanes) is 15. The van der Waals surface area contributed by atoms with Crippen LogP contribution in [0.5, 0.6) is 11.5 Å². The maximum Gasteiger partial charge on any atom is 0.338 e. The van der Waals surface area contributed by atoms with Gasteiger partial charge >= 0.3 is 14.3 Å². The zero-order chi connectivity index (χ0) is 43.1. The lowest BCUT2D eigenvalue weighted by molar-refractivity contribution is 0.0496. The van der Waals surface area contributed by atoms with E-state index in [9.17, 15) is 4.79 Å². The average Bonchev–Trinajstić information content (AvgIpc) is 3.28. The number of para-hydroxylation sites is 1. The second kappa shape index (κ2) is 22.6. The van der Waals surface area contributed by atoms with E-state index in [-0.39, 0.29) is 5.97 Å². The van der Waals surface area contributed by atoms with Gasteiger partial charge in [-0.3, -0.25) is 0 Å². The molecule has 5 aromatic carbocycles. The molecule has 1 atom stereocenters. The molecule has 1 aliphatic heterocycles. The highest BCUT2D eigenvalue weighted by atomic mass is 31.2. The van der Waals surface area contributed by atoms with Crippen LogP contribution in [-0.4, -0.2) is 12.6 Å². The zero-order valence-electron chi connectivity index (χ0n) is 38.1. The Balaban J connectivity index is 1.21. The van der Waals surface area contributed by atoms with Gasteiger partial charge in [-0.1, -0.05) is 228 Å². The first-order valence-electron chi connectivity index (χ1n) is 23.5. The molecule has 0 radical (unpaired) electrons. The van der Waals surface area contributed by atoms with Crippen molar-refractivity contribution < 1.29 is 18.6 Å². The van der Waals surface area contributed by atoms with E-state index in [1.54, 1.807) is 0 Å². The van der Waals surface area contributed by atoms with Crippen molar-refractivity contribution in [2.45, 2.75) is 155 Å². The van der Waals surface area contributed by atoms with Gasteiger partial charge in [-0.25, -0.2) is 4.79 Å². The molecule has 4 nitrogen and oxygen atoms in total. The van der Waals surface area contributed by atoms with Crippen LogP contribution in [0, 0.1) is 6.92 Å². The molecule has 61 heavy (non-hydrogen) atoms. The SMILES string of the molecule is CCCCCCCCCCCCCCCCCCOC(=O)c1cc(C(C)(C)c2ccccc2)c(OP2Oc3ccccc3-c3ccccc32)c(C(C)(C)c2ccccc2)c1C. The lowest BCUT2D eigenvalue weighted by Gasteiger charge is -2.37. The van der Waals surface area contributed by atoms with Crippen molar-refractivity contribution in [3.63, 3.8) is 0 Å². The molecule has 1 heterocycles. The summed E-state index contributed by atoms with van der Waals surface area (Å²) >= 11 is 0. The van der Waals surface area contributed by atoms with Gasteiger partial charge in [0.25, 0.3) is 0 Å². The molecule has 6 rings (SSSR count). The van der Waals surface area contributed by atoms with Crippen LogP contribution in [-0.2, 0) is 15.6 Å². The number of hydrogen-bond donors (Lipinski definition) is 0. The maximum absolute atomic E-state index is 14.4. The minimum Gasteiger partial charge on any atom is -0.462 e. The molecule has 1 unspecified atom stereocenters. The Morgan fingerprint density at radius 2 is 1.05 bits per heavy atom. The fourth-order valence-electron chi connectivity index (χ4n) is 9.10. The summed E-state index contributed by atoms with van der Waals surface area (Å²) in [5.74, 6) is 1.29. The molecule has 5 heteroatoms. The van der Waals surface area contributed by atoms with Gasteiger partial charge in [-0.15, -0.1) is 0 Å². The maximum atomic E-state index is 14.4. The van der Waals surface area contributed by atoms with Crippen molar-refractivity contribution in [3.8, 4) is 22.6 Å². The number of hydrogen-bond acceptors (Lipinski definition) is 4. The Morgan fingerprint density at radius 1 is 0.574 bits per heavy atom.